The van der Waals surface area contributed by atoms with Crippen molar-refractivity contribution >= 4 is 11.6 Å². The monoisotopic (exact) mass is 243 g/mol. The Balaban J connectivity index is 3.44. The average molecular weight is 244 g/mol. The lowest BCUT2D eigenvalue weighted by Gasteiger charge is -2.22. The van der Waals surface area contributed by atoms with Gasteiger partial charge < -0.3 is 15.6 Å². The standard InChI is InChI=1S/C12H18ClNO2/c1-6-5-9(13)7(2)10(12(6)16-4)11(15)8(3)14/h5,8,11,15H,14H2,1-4H3. The maximum Gasteiger partial charge on any atom is 0.127 e. The number of methoxy groups -OCH3 is 1. The van der Waals surface area contributed by atoms with Gasteiger partial charge >= 0.3 is 0 Å². The molecule has 1 rings (SSSR count). The van der Waals surface area contributed by atoms with Crippen LogP contribution < -0.4 is 10.5 Å². The highest BCUT2D eigenvalue weighted by molar-refractivity contribution is 6.31. The number of nitrogens with two attached hydrogens (primary N) is 1. The summed E-state index contributed by atoms with van der Waals surface area (Å²) in [5.74, 6) is 0.659. The Labute approximate surface area is 101 Å². The van der Waals surface area contributed by atoms with Crippen molar-refractivity contribution < 1.29 is 9.84 Å². The third-order valence-corrected chi connectivity index (χ3v) is 3.10. The third-order valence-electron chi connectivity index (χ3n) is 2.71. The first-order valence-corrected chi connectivity index (χ1v) is 5.55. The first-order valence-electron chi connectivity index (χ1n) is 5.17. The molecule has 0 heterocycles. The molecule has 90 valence electrons. The molecule has 0 aliphatic rings. The number of aliphatic hydroxyl groups is 1. The second-order valence-electron chi connectivity index (χ2n) is 4.05. The molecule has 3 N–H and O–H groups in total. The van der Waals surface area contributed by atoms with Crippen LogP contribution in [-0.2, 0) is 0 Å². The van der Waals surface area contributed by atoms with Crippen LogP contribution in [0.25, 0.3) is 0 Å². The molecule has 0 spiro atoms. The molecule has 0 amide bonds. The fourth-order valence-electron chi connectivity index (χ4n) is 1.77. The van der Waals surface area contributed by atoms with E-state index in [0.717, 1.165) is 11.1 Å². The van der Waals surface area contributed by atoms with Gasteiger partial charge in [-0.15, -0.1) is 0 Å². The van der Waals surface area contributed by atoms with Gasteiger partial charge in [0.25, 0.3) is 0 Å². The molecular formula is C12H18ClNO2. The molecule has 3 nitrogen and oxygen atoms in total. The molecular weight excluding hydrogens is 226 g/mol. The number of halogens is 1. The minimum absolute atomic E-state index is 0.370. The van der Waals surface area contributed by atoms with Gasteiger partial charge in [0.2, 0.25) is 0 Å². The number of aryl methyl sites for hydroxylation is 1. The first-order chi connectivity index (χ1) is 7.40. The first kappa shape index (κ1) is 13.3. The maximum absolute atomic E-state index is 10.1. The van der Waals surface area contributed by atoms with E-state index in [4.69, 9.17) is 22.1 Å². The predicted octanol–water partition coefficient (Wildman–Crippen LogP) is 2.35. The van der Waals surface area contributed by atoms with Crippen LogP contribution >= 0.6 is 11.6 Å². The van der Waals surface area contributed by atoms with Crippen LogP contribution in [0.15, 0.2) is 6.07 Å². The summed E-state index contributed by atoms with van der Waals surface area (Å²) in [6.07, 6.45) is -0.771. The molecule has 0 aromatic heterocycles. The number of aliphatic hydroxyl groups excluding tert-OH is 1. The zero-order valence-corrected chi connectivity index (χ0v) is 10.8. The molecule has 2 unspecified atom stereocenters. The lowest BCUT2D eigenvalue weighted by atomic mass is 9.95. The largest absolute Gasteiger partial charge is 0.496 e. The fourth-order valence-corrected chi connectivity index (χ4v) is 2.03. The molecule has 0 bridgehead atoms. The van der Waals surface area contributed by atoms with E-state index in [1.807, 2.05) is 19.9 Å². The molecule has 0 aliphatic carbocycles. The lowest BCUT2D eigenvalue weighted by Crippen LogP contribution is -2.25. The van der Waals surface area contributed by atoms with Crippen LogP contribution in [0.3, 0.4) is 0 Å². The van der Waals surface area contributed by atoms with Gasteiger partial charge in [-0.2, -0.15) is 0 Å². The quantitative estimate of drug-likeness (QED) is 0.857. The Morgan fingerprint density at radius 2 is 2.00 bits per heavy atom. The highest BCUT2D eigenvalue weighted by Crippen LogP contribution is 2.36. The van der Waals surface area contributed by atoms with Crippen molar-refractivity contribution in [2.75, 3.05) is 7.11 Å². The average Bonchev–Trinajstić information content (AvgIpc) is 2.21. The molecule has 2 atom stereocenters. The van der Waals surface area contributed by atoms with Crippen molar-refractivity contribution in [3.63, 3.8) is 0 Å². The molecule has 0 aliphatic heterocycles. The van der Waals surface area contributed by atoms with E-state index in [9.17, 15) is 5.11 Å². The number of ether oxygens (including phenoxy) is 1. The van der Waals surface area contributed by atoms with Gasteiger partial charge in [0, 0.05) is 16.6 Å². The number of benzene rings is 1. The Hall–Kier alpha value is -0.770. The van der Waals surface area contributed by atoms with Crippen LogP contribution in [-0.4, -0.2) is 18.3 Å². The topological polar surface area (TPSA) is 55.5 Å². The number of hydrogen-bond acceptors (Lipinski definition) is 3. The Morgan fingerprint density at radius 3 is 2.44 bits per heavy atom. The van der Waals surface area contributed by atoms with Crippen LogP contribution in [0.1, 0.15) is 29.7 Å². The fraction of sp³-hybridized carbons (Fsp3) is 0.500. The number of hydrogen-bond donors (Lipinski definition) is 2. The summed E-state index contributed by atoms with van der Waals surface area (Å²) < 4.78 is 5.31. The van der Waals surface area contributed by atoms with Gasteiger partial charge in [-0.25, -0.2) is 0 Å². The molecule has 16 heavy (non-hydrogen) atoms. The summed E-state index contributed by atoms with van der Waals surface area (Å²) in [7, 11) is 1.58. The number of rotatable bonds is 3. The molecule has 0 fully saturated rings. The van der Waals surface area contributed by atoms with Crippen molar-refractivity contribution in [3.05, 3.63) is 27.8 Å². The summed E-state index contributed by atoms with van der Waals surface area (Å²) in [5.41, 5.74) is 8.10. The second-order valence-corrected chi connectivity index (χ2v) is 4.46. The predicted molar refractivity (Wildman–Crippen MR) is 66.1 cm³/mol. The van der Waals surface area contributed by atoms with E-state index in [-0.39, 0.29) is 6.04 Å². The van der Waals surface area contributed by atoms with Crippen molar-refractivity contribution in [1.29, 1.82) is 0 Å². The minimum atomic E-state index is -0.771. The minimum Gasteiger partial charge on any atom is -0.496 e. The van der Waals surface area contributed by atoms with Gasteiger partial charge in [0.15, 0.2) is 0 Å². The van der Waals surface area contributed by atoms with Gasteiger partial charge in [-0.05, 0) is 38.0 Å². The summed E-state index contributed by atoms with van der Waals surface area (Å²) in [5, 5.41) is 10.7. The van der Waals surface area contributed by atoms with E-state index in [0.29, 0.717) is 16.3 Å². The van der Waals surface area contributed by atoms with Crippen molar-refractivity contribution in [2.24, 2.45) is 5.73 Å². The van der Waals surface area contributed by atoms with Gasteiger partial charge in [0.1, 0.15) is 5.75 Å². The van der Waals surface area contributed by atoms with Crippen molar-refractivity contribution in [3.8, 4) is 5.75 Å². The second kappa shape index (κ2) is 5.04. The van der Waals surface area contributed by atoms with Crippen LogP contribution in [0, 0.1) is 13.8 Å². The van der Waals surface area contributed by atoms with Crippen LogP contribution in [0.4, 0.5) is 0 Å². The van der Waals surface area contributed by atoms with Crippen molar-refractivity contribution in [1.82, 2.24) is 0 Å². The smallest absolute Gasteiger partial charge is 0.127 e. The van der Waals surface area contributed by atoms with Gasteiger partial charge in [-0.1, -0.05) is 11.6 Å². The van der Waals surface area contributed by atoms with Crippen LogP contribution in [0.2, 0.25) is 5.02 Å². The van der Waals surface area contributed by atoms with Crippen LogP contribution in [0.5, 0.6) is 5.75 Å². The van der Waals surface area contributed by atoms with E-state index in [2.05, 4.69) is 0 Å². The molecule has 1 aromatic rings. The van der Waals surface area contributed by atoms with E-state index in [1.54, 1.807) is 14.0 Å². The maximum atomic E-state index is 10.1. The molecule has 4 heteroatoms. The molecule has 0 saturated carbocycles. The van der Waals surface area contributed by atoms with Gasteiger partial charge in [0.05, 0.1) is 13.2 Å². The summed E-state index contributed by atoms with van der Waals surface area (Å²) in [4.78, 5) is 0. The van der Waals surface area contributed by atoms with Crippen molar-refractivity contribution in [2.45, 2.75) is 32.9 Å². The zero-order chi connectivity index (χ0) is 12.5. The zero-order valence-electron chi connectivity index (χ0n) is 10.0. The Bertz CT molecular complexity index is 391. The molecule has 0 saturated heterocycles. The Morgan fingerprint density at radius 1 is 1.44 bits per heavy atom. The van der Waals surface area contributed by atoms with E-state index < -0.39 is 6.10 Å². The SMILES string of the molecule is COc1c(C)cc(Cl)c(C)c1C(O)C(C)N. The highest BCUT2D eigenvalue weighted by atomic mass is 35.5. The summed E-state index contributed by atoms with van der Waals surface area (Å²) in [6.45, 7) is 5.49. The normalized spacial score (nSPS) is 14.7. The third kappa shape index (κ3) is 2.32. The van der Waals surface area contributed by atoms with E-state index >= 15 is 0 Å². The summed E-state index contributed by atoms with van der Waals surface area (Å²) >= 11 is 6.09. The Kier molecular flexibility index (Phi) is 4.19. The highest BCUT2D eigenvalue weighted by Gasteiger charge is 2.22. The molecule has 0 radical (unpaired) electrons. The molecule has 1 aromatic carbocycles. The lowest BCUT2D eigenvalue weighted by molar-refractivity contribution is 0.148. The summed E-state index contributed by atoms with van der Waals surface area (Å²) in [6, 6.07) is 1.46. The van der Waals surface area contributed by atoms with E-state index in [1.165, 1.54) is 0 Å². The van der Waals surface area contributed by atoms with Gasteiger partial charge in [-0.3, -0.25) is 0 Å².